The minimum absolute atomic E-state index is 0.0374. The number of aromatic nitrogens is 1. The Morgan fingerprint density at radius 1 is 1.19 bits per heavy atom. The van der Waals surface area contributed by atoms with Crippen molar-refractivity contribution in [3.8, 4) is 0 Å². The Balaban J connectivity index is 1.50. The number of benzene rings is 2. The predicted octanol–water partition coefficient (Wildman–Crippen LogP) is 3.32. The molecule has 1 aromatic heterocycles. The van der Waals surface area contributed by atoms with E-state index in [0.717, 1.165) is 19.1 Å². The maximum Gasteiger partial charge on any atom is 0.243 e. The van der Waals surface area contributed by atoms with Gasteiger partial charge in [0.1, 0.15) is 12.4 Å². The van der Waals surface area contributed by atoms with Crippen LogP contribution < -0.4 is 10.0 Å². The van der Waals surface area contributed by atoms with Crippen LogP contribution in [0.5, 0.6) is 0 Å². The summed E-state index contributed by atoms with van der Waals surface area (Å²) < 4.78 is 41.3. The lowest BCUT2D eigenvalue weighted by atomic mass is 10.1. The Kier molecular flexibility index (Phi) is 7.56. The number of hydrogen-bond acceptors (Lipinski definition) is 5. The smallest absolute Gasteiger partial charge is 0.243 e. The fourth-order valence-electron chi connectivity index (χ4n) is 4.12. The van der Waals surface area contributed by atoms with E-state index in [2.05, 4.69) is 10.0 Å². The summed E-state index contributed by atoms with van der Waals surface area (Å²) in [6, 6.07) is 9.19. The number of carbonyl (C=O) groups excluding carboxylic acids is 3. The van der Waals surface area contributed by atoms with Crippen LogP contribution in [0.2, 0.25) is 5.02 Å². The Morgan fingerprint density at radius 3 is 2.57 bits per heavy atom. The number of nitrogens with zero attached hydrogens (tertiary/aromatic N) is 2. The topological polar surface area (TPSA) is 118 Å². The van der Waals surface area contributed by atoms with Crippen LogP contribution in [-0.4, -0.2) is 54.3 Å². The van der Waals surface area contributed by atoms with Crippen LogP contribution in [0.1, 0.15) is 35.7 Å². The van der Waals surface area contributed by atoms with Crippen LogP contribution in [0.4, 0.5) is 10.1 Å². The standard InChI is InChI=1S/C25H26ClFN4O5S/c1-15(32)20-12-30(22-9-6-17(10-19(20)22)29-37(2,35)36)14-24(34)31(18-7-8-18)13-23(33)28-11-16-4-3-5-21(26)25(16)27/h3-6,9-10,12,18,29H,7-8,11,13-14H2,1-2H3,(H,28,33). The molecule has 0 bridgehead atoms. The van der Waals surface area contributed by atoms with Crippen molar-refractivity contribution in [2.24, 2.45) is 0 Å². The van der Waals surface area contributed by atoms with E-state index in [-0.39, 0.29) is 48.0 Å². The summed E-state index contributed by atoms with van der Waals surface area (Å²) in [5, 5.41) is 3.10. The van der Waals surface area contributed by atoms with Crippen LogP contribution in [0, 0.1) is 5.82 Å². The summed E-state index contributed by atoms with van der Waals surface area (Å²) in [7, 11) is -3.51. The fraction of sp³-hybridized carbons (Fsp3) is 0.320. The number of halogens is 2. The summed E-state index contributed by atoms with van der Waals surface area (Å²) in [6.45, 7) is 1.02. The number of anilines is 1. The largest absolute Gasteiger partial charge is 0.350 e. The highest BCUT2D eigenvalue weighted by molar-refractivity contribution is 7.92. The van der Waals surface area contributed by atoms with Gasteiger partial charge in [-0.3, -0.25) is 19.1 Å². The van der Waals surface area contributed by atoms with Gasteiger partial charge in [-0.2, -0.15) is 0 Å². The molecule has 1 fully saturated rings. The minimum atomic E-state index is -3.51. The van der Waals surface area contributed by atoms with Crippen molar-refractivity contribution in [1.29, 1.82) is 0 Å². The van der Waals surface area contributed by atoms with Crippen LogP contribution >= 0.6 is 11.6 Å². The number of nitrogens with one attached hydrogen (secondary N) is 2. The maximum atomic E-state index is 14.1. The molecule has 196 valence electrons. The van der Waals surface area contributed by atoms with E-state index in [9.17, 15) is 27.2 Å². The molecule has 1 aliphatic rings. The number of sulfonamides is 1. The molecule has 0 atom stereocenters. The van der Waals surface area contributed by atoms with Gasteiger partial charge in [0.2, 0.25) is 21.8 Å². The average Bonchev–Trinajstić information content (AvgIpc) is 3.59. The number of carbonyl (C=O) groups is 3. The lowest BCUT2D eigenvalue weighted by Crippen LogP contribution is -2.43. The number of Topliss-reactive ketones (excluding diaryl/α,β-unsaturated/α-hetero) is 1. The van der Waals surface area contributed by atoms with Gasteiger partial charge in [-0.15, -0.1) is 0 Å². The van der Waals surface area contributed by atoms with E-state index >= 15 is 0 Å². The Labute approximate surface area is 218 Å². The van der Waals surface area contributed by atoms with Crippen molar-refractivity contribution in [1.82, 2.24) is 14.8 Å². The van der Waals surface area contributed by atoms with E-state index in [4.69, 9.17) is 11.6 Å². The summed E-state index contributed by atoms with van der Waals surface area (Å²) in [6.07, 6.45) is 4.13. The van der Waals surface area contributed by atoms with Crippen LogP contribution in [0.25, 0.3) is 10.9 Å². The second kappa shape index (κ2) is 10.5. The molecule has 37 heavy (non-hydrogen) atoms. The van der Waals surface area contributed by atoms with Gasteiger partial charge in [-0.05, 0) is 44.0 Å². The SMILES string of the molecule is CC(=O)c1cn(CC(=O)N(CC(=O)NCc2cccc(Cl)c2F)C2CC2)c2ccc(NS(C)(=O)=O)cc12. The number of fused-ring (bicyclic) bond motifs is 1. The zero-order valence-electron chi connectivity index (χ0n) is 20.3. The first-order chi connectivity index (χ1) is 17.4. The summed E-state index contributed by atoms with van der Waals surface area (Å²) in [5.41, 5.74) is 1.47. The van der Waals surface area contributed by atoms with Gasteiger partial charge in [0, 0.05) is 46.5 Å². The van der Waals surface area contributed by atoms with Gasteiger partial charge < -0.3 is 14.8 Å². The first kappa shape index (κ1) is 26.6. The van der Waals surface area contributed by atoms with Crippen molar-refractivity contribution in [3.05, 3.63) is 64.6 Å². The first-order valence-electron chi connectivity index (χ1n) is 11.5. The summed E-state index contributed by atoms with van der Waals surface area (Å²) in [5.74, 6) is -1.58. The zero-order chi connectivity index (χ0) is 26.9. The third-order valence-corrected chi connectivity index (χ3v) is 6.90. The van der Waals surface area contributed by atoms with Crippen LogP contribution in [0.15, 0.2) is 42.6 Å². The molecular formula is C25H26ClFN4O5S. The maximum absolute atomic E-state index is 14.1. The fourth-order valence-corrected chi connectivity index (χ4v) is 4.87. The van der Waals surface area contributed by atoms with Crippen molar-refractivity contribution < 1.29 is 27.2 Å². The quantitative estimate of drug-likeness (QED) is 0.377. The molecular weight excluding hydrogens is 523 g/mol. The van der Waals surface area contributed by atoms with Gasteiger partial charge in [-0.25, -0.2) is 12.8 Å². The number of hydrogen-bond donors (Lipinski definition) is 2. The first-order valence-corrected chi connectivity index (χ1v) is 13.8. The summed E-state index contributed by atoms with van der Waals surface area (Å²) in [4.78, 5) is 39.6. The molecule has 3 aromatic rings. The molecule has 0 radical (unpaired) electrons. The second-order valence-corrected chi connectivity index (χ2v) is 11.2. The molecule has 1 saturated carbocycles. The molecule has 1 aliphatic carbocycles. The molecule has 12 heteroatoms. The minimum Gasteiger partial charge on any atom is -0.350 e. The monoisotopic (exact) mass is 548 g/mol. The highest BCUT2D eigenvalue weighted by atomic mass is 35.5. The van der Waals surface area contributed by atoms with Gasteiger partial charge >= 0.3 is 0 Å². The zero-order valence-corrected chi connectivity index (χ0v) is 21.8. The normalized spacial score (nSPS) is 13.4. The number of rotatable bonds is 10. The lowest BCUT2D eigenvalue weighted by Gasteiger charge is -2.22. The van der Waals surface area contributed by atoms with Gasteiger partial charge in [0.25, 0.3) is 0 Å². The van der Waals surface area contributed by atoms with E-state index < -0.39 is 21.7 Å². The van der Waals surface area contributed by atoms with E-state index in [1.807, 2.05) is 0 Å². The second-order valence-electron chi connectivity index (χ2n) is 9.08. The van der Waals surface area contributed by atoms with Crippen molar-refractivity contribution in [2.75, 3.05) is 17.5 Å². The highest BCUT2D eigenvalue weighted by Crippen LogP contribution is 2.29. The van der Waals surface area contributed by atoms with Gasteiger partial charge in [-0.1, -0.05) is 23.7 Å². The van der Waals surface area contributed by atoms with Gasteiger partial charge in [0.15, 0.2) is 5.78 Å². The Hall–Kier alpha value is -3.44. The predicted molar refractivity (Wildman–Crippen MR) is 138 cm³/mol. The van der Waals surface area contributed by atoms with Crippen molar-refractivity contribution >= 4 is 55.8 Å². The third-order valence-electron chi connectivity index (χ3n) is 6.00. The molecule has 2 amide bonds. The molecule has 2 aromatic carbocycles. The highest BCUT2D eigenvalue weighted by Gasteiger charge is 2.34. The van der Waals surface area contributed by atoms with Crippen LogP contribution in [0.3, 0.4) is 0 Å². The molecule has 9 nitrogen and oxygen atoms in total. The van der Waals surface area contributed by atoms with Gasteiger partial charge in [0.05, 0.1) is 17.8 Å². The molecule has 1 heterocycles. The Bertz CT molecular complexity index is 1500. The molecule has 0 saturated heterocycles. The summed E-state index contributed by atoms with van der Waals surface area (Å²) >= 11 is 5.79. The van der Waals surface area contributed by atoms with E-state index in [1.54, 1.807) is 35.0 Å². The molecule has 2 N–H and O–H groups in total. The van der Waals surface area contributed by atoms with Crippen molar-refractivity contribution in [3.63, 3.8) is 0 Å². The molecule has 0 spiro atoms. The van der Waals surface area contributed by atoms with Crippen molar-refractivity contribution in [2.45, 2.75) is 38.9 Å². The van der Waals surface area contributed by atoms with E-state index in [1.165, 1.54) is 24.0 Å². The number of ketones is 1. The lowest BCUT2D eigenvalue weighted by molar-refractivity contribution is -0.137. The third kappa shape index (κ3) is 6.47. The van der Waals surface area contributed by atoms with Crippen LogP contribution in [-0.2, 0) is 32.7 Å². The van der Waals surface area contributed by atoms with E-state index in [0.29, 0.717) is 22.2 Å². The average molecular weight is 549 g/mol. The number of amides is 2. The molecule has 0 aliphatic heterocycles. The molecule has 0 unspecified atom stereocenters. The molecule has 4 rings (SSSR count). The Morgan fingerprint density at radius 2 is 1.92 bits per heavy atom.